The summed E-state index contributed by atoms with van der Waals surface area (Å²) in [6, 6.07) is 16.0. The second-order valence-electron chi connectivity index (χ2n) is 4.72. The lowest BCUT2D eigenvalue weighted by atomic mass is 10.1. The van der Waals surface area contributed by atoms with E-state index in [1.807, 2.05) is 49.4 Å². The molecule has 4 heteroatoms. The zero-order chi connectivity index (χ0) is 15.1. The van der Waals surface area contributed by atoms with E-state index in [4.69, 9.17) is 22.1 Å². The summed E-state index contributed by atoms with van der Waals surface area (Å²) in [5, 5.41) is 0.819. The molecule has 2 aromatic carbocycles. The third-order valence-electron chi connectivity index (χ3n) is 3.13. The van der Waals surface area contributed by atoms with Crippen molar-refractivity contribution < 1.29 is 4.74 Å². The summed E-state index contributed by atoms with van der Waals surface area (Å²) in [6.07, 6.45) is 0. The van der Waals surface area contributed by atoms with Crippen LogP contribution in [-0.2, 0) is 5.75 Å². The van der Waals surface area contributed by atoms with Crippen LogP contribution in [0.2, 0.25) is 5.02 Å². The van der Waals surface area contributed by atoms with Crippen molar-refractivity contribution in [2.45, 2.75) is 18.7 Å². The largest absolute Gasteiger partial charge is 0.494 e. The molecule has 0 spiro atoms. The van der Waals surface area contributed by atoms with Crippen LogP contribution in [-0.4, -0.2) is 12.4 Å². The molecule has 0 saturated heterocycles. The number of nitrogens with two attached hydrogens (primary N) is 1. The molecule has 0 bridgehead atoms. The van der Waals surface area contributed by atoms with Crippen LogP contribution in [0.15, 0.2) is 48.5 Å². The summed E-state index contributed by atoms with van der Waals surface area (Å²) in [5.41, 5.74) is 8.51. The van der Waals surface area contributed by atoms with Crippen molar-refractivity contribution in [3.63, 3.8) is 0 Å². The van der Waals surface area contributed by atoms with Crippen LogP contribution in [0.5, 0.6) is 5.75 Å². The molecule has 0 aromatic heterocycles. The Labute approximate surface area is 135 Å². The van der Waals surface area contributed by atoms with E-state index in [1.165, 1.54) is 0 Å². The molecule has 0 radical (unpaired) electrons. The Balaban J connectivity index is 1.84. The first-order valence-electron chi connectivity index (χ1n) is 7.00. The monoisotopic (exact) mass is 321 g/mol. The van der Waals surface area contributed by atoms with Gasteiger partial charge in [0, 0.05) is 22.6 Å². The zero-order valence-corrected chi connectivity index (χ0v) is 13.7. The highest BCUT2D eigenvalue weighted by atomic mass is 35.5. The van der Waals surface area contributed by atoms with E-state index in [1.54, 1.807) is 11.8 Å². The Morgan fingerprint density at radius 1 is 1.14 bits per heavy atom. The maximum Gasteiger partial charge on any atom is 0.119 e. The number of ether oxygens (including phenoxy) is 1. The highest BCUT2D eigenvalue weighted by molar-refractivity contribution is 7.98. The predicted octanol–water partition coefficient (Wildman–Crippen LogP) is 4.67. The Hall–Kier alpha value is -1.16. The van der Waals surface area contributed by atoms with Crippen LogP contribution < -0.4 is 10.5 Å². The molecule has 2 rings (SSSR count). The minimum atomic E-state index is 0.0214. The molecule has 0 amide bonds. The first-order chi connectivity index (χ1) is 10.2. The van der Waals surface area contributed by atoms with Crippen LogP contribution in [0, 0.1) is 0 Å². The highest BCUT2D eigenvalue weighted by Gasteiger charge is 2.07. The van der Waals surface area contributed by atoms with Crippen LogP contribution >= 0.6 is 23.4 Å². The lowest BCUT2D eigenvalue weighted by Gasteiger charge is -2.13. The molecule has 0 aliphatic rings. The van der Waals surface area contributed by atoms with Gasteiger partial charge in [-0.1, -0.05) is 41.9 Å². The van der Waals surface area contributed by atoms with Crippen molar-refractivity contribution in [3.05, 3.63) is 64.7 Å². The standard InChI is InChI=1S/C17H20ClNOS/c1-2-20-15-9-7-13(8-10-15)17(19)12-21-11-14-5-3-4-6-16(14)18/h3-10,17H,2,11-12,19H2,1H3. The lowest BCUT2D eigenvalue weighted by molar-refractivity contribution is 0.340. The fourth-order valence-corrected chi connectivity index (χ4v) is 3.30. The van der Waals surface area contributed by atoms with Gasteiger partial charge in [0.25, 0.3) is 0 Å². The fraction of sp³-hybridized carbons (Fsp3) is 0.294. The van der Waals surface area contributed by atoms with E-state index in [9.17, 15) is 0 Å². The number of thioether (sulfide) groups is 1. The average molecular weight is 322 g/mol. The Bertz CT molecular complexity index is 559. The van der Waals surface area contributed by atoms with Gasteiger partial charge in [-0.2, -0.15) is 11.8 Å². The lowest BCUT2D eigenvalue weighted by Crippen LogP contribution is -2.13. The third kappa shape index (κ3) is 4.95. The maximum absolute atomic E-state index is 6.23. The topological polar surface area (TPSA) is 35.2 Å². The van der Waals surface area contributed by atoms with Gasteiger partial charge < -0.3 is 10.5 Å². The van der Waals surface area contributed by atoms with E-state index < -0.39 is 0 Å². The molecule has 0 saturated carbocycles. The normalized spacial score (nSPS) is 12.1. The van der Waals surface area contributed by atoms with E-state index in [0.29, 0.717) is 6.61 Å². The molecule has 1 atom stereocenters. The second-order valence-corrected chi connectivity index (χ2v) is 6.15. The SMILES string of the molecule is CCOc1ccc(C(N)CSCc2ccccc2Cl)cc1. The zero-order valence-electron chi connectivity index (χ0n) is 12.1. The number of hydrogen-bond donors (Lipinski definition) is 1. The molecule has 0 fully saturated rings. The van der Waals surface area contributed by atoms with Crippen LogP contribution in [0.3, 0.4) is 0 Å². The van der Waals surface area contributed by atoms with Crippen molar-refractivity contribution in [1.29, 1.82) is 0 Å². The number of rotatable bonds is 7. The van der Waals surface area contributed by atoms with E-state index >= 15 is 0 Å². The quantitative estimate of drug-likeness (QED) is 0.804. The van der Waals surface area contributed by atoms with Gasteiger partial charge in [-0.15, -0.1) is 0 Å². The molecule has 2 nitrogen and oxygen atoms in total. The maximum atomic E-state index is 6.23. The van der Waals surface area contributed by atoms with Crippen LogP contribution in [0.1, 0.15) is 24.1 Å². The highest BCUT2D eigenvalue weighted by Crippen LogP contribution is 2.24. The minimum Gasteiger partial charge on any atom is -0.494 e. The first kappa shape index (κ1) is 16.2. The van der Waals surface area contributed by atoms with Crippen LogP contribution in [0.25, 0.3) is 0 Å². The van der Waals surface area contributed by atoms with Crippen molar-refractivity contribution in [2.24, 2.45) is 5.73 Å². The summed E-state index contributed by atoms with van der Waals surface area (Å²) in [6.45, 7) is 2.66. The molecule has 0 heterocycles. The van der Waals surface area contributed by atoms with Crippen molar-refractivity contribution in [2.75, 3.05) is 12.4 Å². The van der Waals surface area contributed by atoms with Gasteiger partial charge in [0.05, 0.1) is 6.61 Å². The van der Waals surface area contributed by atoms with Gasteiger partial charge in [-0.3, -0.25) is 0 Å². The number of hydrogen-bond acceptors (Lipinski definition) is 3. The molecule has 1 unspecified atom stereocenters. The second kappa shape index (κ2) is 8.32. The third-order valence-corrected chi connectivity index (χ3v) is 4.61. The van der Waals surface area contributed by atoms with Gasteiger partial charge in [-0.05, 0) is 36.2 Å². The predicted molar refractivity (Wildman–Crippen MR) is 92.2 cm³/mol. The molecule has 2 aromatic rings. The summed E-state index contributed by atoms with van der Waals surface area (Å²) >= 11 is 7.94. The first-order valence-corrected chi connectivity index (χ1v) is 8.53. The molecule has 112 valence electrons. The van der Waals surface area contributed by atoms with Gasteiger partial charge in [0.2, 0.25) is 0 Å². The molecule has 0 aliphatic carbocycles. The summed E-state index contributed by atoms with van der Waals surface area (Å²) in [4.78, 5) is 0. The van der Waals surface area contributed by atoms with E-state index in [2.05, 4.69) is 6.07 Å². The van der Waals surface area contributed by atoms with E-state index in [-0.39, 0.29) is 6.04 Å². The summed E-state index contributed by atoms with van der Waals surface area (Å²) in [7, 11) is 0. The van der Waals surface area contributed by atoms with Gasteiger partial charge in [-0.25, -0.2) is 0 Å². The van der Waals surface area contributed by atoms with Crippen molar-refractivity contribution in [1.82, 2.24) is 0 Å². The summed E-state index contributed by atoms with van der Waals surface area (Å²) in [5.74, 6) is 2.63. The Morgan fingerprint density at radius 2 is 1.86 bits per heavy atom. The van der Waals surface area contributed by atoms with E-state index in [0.717, 1.165) is 33.4 Å². The summed E-state index contributed by atoms with van der Waals surface area (Å²) < 4.78 is 5.43. The minimum absolute atomic E-state index is 0.0214. The molecular formula is C17H20ClNOS. The fourth-order valence-electron chi connectivity index (χ4n) is 1.99. The van der Waals surface area contributed by atoms with Crippen molar-refractivity contribution >= 4 is 23.4 Å². The molecule has 21 heavy (non-hydrogen) atoms. The number of benzene rings is 2. The van der Waals surface area contributed by atoms with Gasteiger partial charge >= 0.3 is 0 Å². The van der Waals surface area contributed by atoms with Crippen LogP contribution in [0.4, 0.5) is 0 Å². The van der Waals surface area contributed by atoms with Gasteiger partial charge in [0.1, 0.15) is 5.75 Å². The average Bonchev–Trinajstić information content (AvgIpc) is 2.50. The smallest absolute Gasteiger partial charge is 0.119 e. The number of halogens is 1. The van der Waals surface area contributed by atoms with Gasteiger partial charge in [0.15, 0.2) is 0 Å². The Kier molecular flexibility index (Phi) is 6.43. The molecular weight excluding hydrogens is 302 g/mol. The molecule has 0 aliphatic heterocycles. The molecule has 2 N–H and O–H groups in total. The van der Waals surface area contributed by atoms with Crippen molar-refractivity contribution in [3.8, 4) is 5.75 Å². The Morgan fingerprint density at radius 3 is 2.52 bits per heavy atom.